The summed E-state index contributed by atoms with van der Waals surface area (Å²) >= 11 is 0. The molecular weight excluding hydrogens is 158 g/mol. The first-order valence-electron chi connectivity index (χ1n) is 4.15. The quantitative estimate of drug-likeness (QED) is 0.526. The summed E-state index contributed by atoms with van der Waals surface area (Å²) < 4.78 is 10.4. The molecule has 0 aromatic carbocycles. The van der Waals surface area contributed by atoms with Gasteiger partial charge in [0, 0.05) is 6.54 Å². The summed E-state index contributed by atoms with van der Waals surface area (Å²) in [6.07, 6.45) is 0. The van der Waals surface area contributed by atoms with Gasteiger partial charge in [-0.2, -0.15) is 0 Å². The first kappa shape index (κ1) is 11.8. The maximum atomic E-state index is 8.39. The largest absolute Gasteiger partial charge is 0.394 e. The van der Waals surface area contributed by atoms with E-state index in [0.29, 0.717) is 26.4 Å². The van der Waals surface area contributed by atoms with E-state index in [1.54, 1.807) is 0 Å². The number of hydrogen-bond acceptors (Lipinski definition) is 4. The highest BCUT2D eigenvalue weighted by atomic mass is 16.5. The summed E-state index contributed by atoms with van der Waals surface area (Å²) in [6.45, 7) is 5.80. The van der Waals surface area contributed by atoms with Crippen LogP contribution in [0.4, 0.5) is 0 Å². The molecule has 4 nitrogen and oxygen atoms in total. The standard InChI is InChI=1S/C8H19NO3/c1-8(2,7-9)12-6-5-11-4-3-10/h10H,3-7,9H2,1-2H3. The molecule has 0 aromatic heterocycles. The van der Waals surface area contributed by atoms with Crippen LogP contribution in [0.5, 0.6) is 0 Å². The summed E-state index contributed by atoms with van der Waals surface area (Å²) in [5.74, 6) is 0. The molecule has 4 heteroatoms. The minimum absolute atomic E-state index is 0.0558. The molecule has 0 radical (unpaired) electrons. The van der Waals surface area contributed by atoms with Crippen LogP contribution >= 0.6 is 0 Å². The number of rotatable bonds is 7. The number of nitrogens with two attached hydrogens (primary N) is 1. The van der Waals surface area contributed by atoms with Crippen LogP contribution < -0.4 is 5.73 Å². The molecule has 12 heavy (non-hydrogen) atoms. The summed E-state index contributed by atoms with van der Waals surface area (Å²) in [7, 11) is 0. The number of ether oxygens (including phenoxy) is 2. The molecule has 0 bridgehead atoms. The van der Waals surface area contributed by atoms with Crippen LogP contribution in [0, 0.1) is 0 Å². The second-order valence-electron chi connectivity index (χ2n) is 3.15. The Bertz CT molecular complexity index is 106. The third-order valence-corrected chi connectivity index (χ3v) is 1.45. The van der Waals surface area contributed by atoms with Crippen molar-refractivity contribution in [1.29, 1.82) is 0 Å². The van der Waals surface area contributed by atoms with Gasteiger partial charge < -0.3 is 20.3 Å². The van der Waals surface area contributed by atoms with Gasteiger partial charge in [-0.1, -0.05) is 0 Å². The smallest absolute Gasteiger partial charge is 0.0749 e. The molecule has 74 valence electrons. The van der Waals surface area contributed by atoms with Crippen LogP contribution in [0.2, 0.25) is 0 Å². The van der Waals surface area contributed by atoms with Crippen LogP contribution in [0.15, 0.2) is 0 Å². The van der Waals surface area contributed by atoms with E-state index in [-0.39, 0.29) is 12.2 Å². The van der Waals surface area contributed by atoms with Crippen molar-refractivity contribution >= 4 is 0 Å². The SMILES string of the molecule is CC(C)(CN)OCCOCCO. The first-order valence-corrected chi connectivity index (χ1v) is 4.15. The van der Waals surface area contributed by atoms with Crippen molar-refractivity contribution in [2.45, 2.75) is 19.4 Å². The van der Waals surface area contributed by atoms with Crippen molar-refractivity contribution in [3.8, 4) is 0 Å². The van der Waals surface area contributed by atoms with E-state index in [4.69, 9.17) is 20.3 Å². The minimum Gasteiger partial charge on any atom is -0.394 e. The zero-order valence-electron chi connectivity index (χ0n) is 7.88. The van der Waals surface area contributed by atoms with Gasteiger partial charge in [0.05, 0.1) is 32.0 Å². The van der Waals surface area contributed by atoms with E-state index < -0.39 is 0 Å². The molecule has 0 amide bonds. The molecule has 0 spiro atoms. The minimum atomic E-state index is -0.275. The Labute approximate surface area is 73.7 Å². The Morgan fingerprint density at radius 2 is 1.92 bits per heavy atom. The van der Waals surface area contributed by atoms with Crippen molar-refractivity contribution in [1.82, 2.24) is 0 Å². The van der Waals surface area contributed by atoms with E-state index >= 15 is 0 Å². The summed E-state index contributed by atoms with van der Waals surface area (Å²) in [4.78, 5) is 0. The fraction of sp³-hybridized carbons (Fsp3) is 1.00. The van der Waals surface area contributed by atoms with E-state index in [1.165, 1.54) is 0 Å². The number of aliphatic hydroxyl groups is 1. The second-order valence-corrected chi connectivity index (χ2v) is 3.15. The average molecular weight is 177 g/mol. The fourth-order valence-corrected chi connectivity index (χ4v) is 0.602. The summed E-state index contributed by atoms with van der Waals surface area (Å²) in [5, 5.41) is 8.39. The molecule has 0 aliphatic heterocycles. The molecular formula is C8H19NO3. The number of hydrogen-bond donors (Lipinski definition) is 2. The summed E-state index contributed by atoms with van der Waals surface area (Å²) in [5.41, 5.74) is 5.17. The lowest BCUT2D eigenvalue weighted by Gasteiger charge is -2.22. The Balaban J connectivity index is 3.19. The maximum absolute atomic E-state index is 8.39. The highest BCUT2D eigenvalue weighted by Gasteiger charge is 2.14. The topological polar surface area (TPSA) is 64.7 Å². The predicted octanol–water partition coefficient (Wildman–Crippen LogP) is -0.251. The third kappa shape index (κ3) is 6.54. The molecule has 0 saturated heterocycles. The van der Waals surface area contributed by atoms with Gasteiger partial charge in [-0.05, 0) is 13.8 Å². The van der Waals surface area contributed by atoms with Gasteiger partial charge in [-0.25, -0.2) is 0 Å². The monoisotopic (exact) mass is 177 g/mol. The molecule has 3 N–H and O–H groups in total. The number of aliphatic hydroxyl groups excluding tert-OH is 1. The van der Waals surface area contributed by atoms with Gasteiger partial charge in [-0.15, -0.1) is 0 Å². The second kappa shape index (κ2) is 6.37. The Morgan fingerprint density at radius 3 is 2.42 bits per heavy atom. The highest BCUT2D eigenvalue weighted by molar-refractivity contribution is 4.68. The van der Waals surface area contributed by atoms with Crippen LogP contribution in [0.3, 0.4) is 0 Å². The molecule has 0 unspecified atom stereocenters. The average Bonchev–Trinajstić information content (AvgIpc) is 2.04. The molecule has 0 saturated carbocycles. The lowest BCUT2D eigenvalue weighted by Crippen LogP contribution is -2.35. The van der Waals surface area contributed by atoms with Crippen LogP contribution in [-0.2, 0) is 9.47 Å². The van der Waals surface area contributed by atoms with Gasteiger partial charge in [0.2, 0.25) is 0 Å². The maximum Gasteiger partial charge on any atom is 0.0749 e. The molecule has 0 aromatic rings. The van der Waals surface area contributed by atoms with Crippen LogP contribution in [0.1, 0.15) is 13.8 Å². The Hall–Kier alpha value is -0.160. The Morgan fingerprint density at radius 1 is 1.25 bits per heavy atom. The van der Waals surface area contributed by atoms with E-state index in [1.807, 2.05) is 13.8 Å². The molecule has 0 atom stereocenters. The third-order valence-electron chi connectivity index (χ3n) is 1.45. The summed E-state index contributed by atoms with van der Waals surface area (Å²) in [6, 6.07) is 0. The fourth-order valence-electron chi connectivity index (χ4n) is 0.602. The van der Waals surface area contributed by atoms with Gasteiger partial charge >= 0.3 is 0 Å². The van der Waals surface area contributed by atoms with Crippen molar-refractivity contribution < 1.29 is 14.6 Å². The first-order chi connectivity index (χ1) is 5.62. The zero-order chi connectivity index (χ0) is 9.45. The molecule has 0 aliphatic rings. The van der Waals surface area contributed by atoms with Crippen molar-refractivity contribution in [2.75, 3.05) is 33.0 Å². The zero-order valence-corrected chi connectivity index (χ0v) is 7.88. The normalized spacial score (nSPS) is 12.0. The molecule has 0 fully saturated rings. The van der Waals surface area contributed by atoms with Crippen molar-refractivity contribution in [3.05, 3.63) is 0 Å². The van der Waals surface area contributed by atoms with Gasteiger partial charge in [0.25, 0.3) is 0 Å². The lowest BCUT2D eigenvalue weighted by atomic mass is 10.1. The molecule has 0 heterocycles. The van der Waals surface area contributed by atoms with Crippen LogP contribution in [0.25, 0.3) is 0 Å². The van der Waals surface area contributed by atoms with Crippen LogP contribution in [-0.4, -0.2) is 43.7 Å². The van der Waals surface area contributed by atoms with Crippen molar-refractivity contribution in [3.63, 3.8) is 0 Å². The van der Waals surface area contributed by atoms with Gasteiger partial charge in [-0.3, -0.25) is 0 Å². The van der Waals surface area contributed by atoms with Crippen molar-refractivity contribution in [2.24, 2.45) is 5.73 Å². The van der Waals surface area contributed by atoms with E-state index in [9.17, 15) is 0 Å². The van der Waals surface area contributed by atoms with Gasteiger partial charge in [0.1, 0.15) is 0 Å². The lowest BCUT2D eigenvalue weighted by molar-refractivity contribution is -0.0435. The molecule has 0 rings (SSSR count). The molecule has 0 aliphatic carbocycles. The van der Waals surface area contributed by atoms with E-state index in [2.05, 4.69) is 0 Å². The Kier molecular flexibility index (Phi) is 6.28. The predicted molar refractivity (Wildman–Crippen MR) is 47.0 cm³/mol. The van der Waals surface area contributed by atoms with E-state index in [0.717, 1.165) is 0 Å². The van der Waals surface area contributed by atoms with Gasteiger partial charge in [0.15, 0.2) is 0 Å². The highest BCUT2D eigenvalue weighted by Crippen LogP contribution is 2.05.